The van der Waals surface area contributed by atoms with Gasteiger partial charge in [-0.2, -0.15) is 4.31 Å². The van der Waals surface area contributed by atoms with E-state index in [-0.39, 0.29) is 0 Å². The lowest BCUT2D eigenvalue weighted by molar-refractivity contribution is 0.447. The van der Waals surface area contributed by atoms with Crippen molar-refractivity contribution in [3.05, 3.63) is 33.1 Å². The van der Waals surface area contributed by atoms with Gasteiger partial charge in [0.15, 0.2) is 5.96 Å². The van der Waals surface area contributed by atoms with E-state index in [1.165, 1.54) is 20.5 Å². The highest BCUT2D eigenvalue weighted by Crippen LogP contribution is 2.25. The molecule has 150 valence electrons. The third-order valence-corrected chi connectivity index (χ3v) is 8.48. The van der Waals surface area contributed by atoms with Gasteiger partial charge in [-0.1, -0.05) is 13.8 Å². The summed E-state index contributed by atoms with van der Waals surface area (Å²) in [6, 6.07) is 3.59. The van der Waals surface area contributed by atoms with Gasteiger partial charge >= 0.3 is 0 Å². The number of nitrogens with zero attached hydrogens (tertiary/aromatic N) is 3. The number of thiazole rings is 1. The molecule has 0 saturated carbocycles. The van der Waals surface area contributed by atoms with Crippen molar-refractivity contribution in [2.75, 3.05) is 26.7 Å². The van der Waals surface area contributed by atoms with Gasteiger partial charge < -0.3 is 10.6 Å². The van der Waals surface area contributed by atoms with Crippen LogP contribution in [0.15, 0.2) is 27.5 Å². The van der Waals surface area contributed by atoms with Crippen LogP contribution in [0, 0.1) is 6.92 Å². The number of sulfonamides is 1. The maximum Gasteiger partial charge on any atom is 0.252 e. The second kappa shape index (κ2) is 10.2. The Kier molecular flexibility index (Phi) is 8.21. The molecule has 0 aliphatic carbocycles. The molecule has 0 aliphatic rings. The standard InChI is InChI=1S/C17H27N5O2S3/c1-5-22(6-2)27(23,24)16-8-7-14(26-16)9-10-19-17(18-4)21-12-15-20-11-13(3)25-15/h7-8,11H,5-6,9-10,12H2,1-4H3,(H2,18,19,21). The summed E-state index contributed by atoms with van der Waals surface area (Å²) < 4.78 is 27.0. The van der Waals surface area contributed by atoms with Gasteiger partial charge in [-0.3, -0.25) is 4.99 Å². The van der Waals surface area contributed by atoms with Crippen LogP contribution in [0.5, 0.6) is 0 Å². The van der Waals surface area contributed by atoms with Crippen molar-refractivity contribution in [3.8, 4) is 0 Å². The minimum Gasteiger partial charge on any atom is -0.356 e. The monoisotopic (exact) mass is 429 g/mol. The van der Waals surface area contributed by atoms with Crippen molar-refractivity contribution in [2.45, 2.75) is 37.9 Å². The van der Waals surface area contributed by atoms with E-state index in [0.717, 1.165) is 16.3 Å². The third-order valence-electron chi connectivity index (χ3n) is 3.90. The summed E-state index contributed by atoms with van der Waals surface area (Å²) in [6.45, 7) is 7.99. The zero-order valence-corrected chi connectivity index (χ0v) is 18.6. The maximum atomic E-state index is 12.5. The Morgan fingerprint density at radius 2 is 1.96 bits per heavy atom. The average Bonchev–Trinajstić information content (AvgIpc) is 3.28. The summed E-state index contributed by atoms with van der Waals surface area (Å²) in [5.41, 5.74) is 0. The summed E-state index contributed by atoms with van der Waals surface area (Å²) in [4.78, 5) is 10.7. The smallest absolute Gasteiger partial charge is 0.252 e. The number of rotatable bonds is 9. The van der Waals surface area contributed by atoms with Crippen LogP contribution in [0.25, 0.3) is 0 Å². The van der Waals surface area contributed by atoms with Gasteiger partial charge in [0.25, 0.3) is 10.0 Å². The largest absolute Gasteiger partial charge is 0.356 e. The van der Waals surface area contributed by atoms with Crippen molar-refractivity contribution < 1.29 is 8.42 Å². The fraction of sp³-hybridized carbons (Fsp3) is 0.529. The maximum absolute atomic E-state index is 12.5. The zero-order valence-electron chi connectivity index (χ0n) is 16.2. The van der Waals surface area contributed by atoms with Gasteiger partial charge in [-0.05, 0) is 25.5 Å². The number of aromatic nitrogens is 1. The Hall–Kier alpha value is -1.49. The van der Waals surface area contributed by atoms with Crippen molar-refractivity contribution in [1.82, 2.24) is 19.9 Å². The van der Waals surface area contributed by atoms with Gasteiger partial charge in [0.05, 0.1) is 6.54 Å². The van der Waals surface area contributed by atoms with E-state index >= 15 is 0 Å². The Balaban J connectivity index is 1.85. The van der Waals surface area contributed by atoms with E-state index in [0.29, 0.717) is 36.3 Å². The van der Waals surface area contributed by atoms with Crippen LogP contribution < -0.4 is 10.6 Å². The first kappa shape index (κ1) is 21.8. The van der Waals surface area contributed by atoms with E-state index in [9.17, 15) is 8.42 Å². The molecule has 2 aromatic heterocycles. The van der Waals surface area contributed by atoms with Crippen LogP contribution >= 0.6 is 22.7 Å². The molecular weight excluding hydrogens is 402 g/mol. The van der Waals surface area contributed by atoms with Crippen LogP contribution in [0.4, 0.5) is 0 Å². The highest BCUT2D eigenvalue weighted by atomic mass is 32.2. The van der Waals surface area contributed by atoms with E-state index in [2.05, 4.69) is 20.6 Å². The Labute approximate surface area is 169 Å². The zero-order chi connectivity index (χ0) is 19.9. The van der Waals surface area contributed by atoms with Crippen LogP contribution in [-0.4, -0.2) is 50.3 Å². The van der Waals surface area contributed by atoms with Crippen LogP contribution in [0.3, 0.4) is 0 Å². The first-order valence-electron chi connectivity index (χ1n) is 8.85. The molecule has 0 spiro atoms. The van der Waals surface area contributed by atoms with Crippen LogP contribution in [-0.2, 0) is 23.0 Å². The molecule has 0 unspecified atom stereocenters. The Morgan fingerprint density at radius 1 is 1.22 bits per heavy atom. The lowest BCUT2D eigenvalue weighted by atomic mass is 10.3. The second-order valence-corrected chi connectivity index (χ2v) is 10.4. The SMILES string of the molecule is CCN(CC)S(=O)(=O)c1ccc(CCNC(=NC)NCc2ncc(C)s2)s1. The van der Waals surface area contributed by atoms with Crippen LogP contribution in [0.2, 0.25) is 0 Å². The summed E-state index contributed by atoms with van der Waals surface area (Å²) in [6.07, 6.45) is 2.59. The lowest BCUT2D eigenvalue weighted by Gasteiger charge is -2.16. The van der Waals surface area contributed by atoms with Gasteiger partial charge in [0.2, 0.25) is 0 Å². The van der Waals surface area contributed by atoms with Gasteiger partial charge in [-0.25, -0.2) is 13.4 Å². The van der Waals surface area contributed by atoms with Crippen LogP contribution in [0.1, 0.15) is 28.6 Å². The molecule has 0 bridgehead atoms. The highest BCUT2D eigenvalue weighted by Gasteiger charge is 2.23. The topological polar surface area (TPSA) is 86.7 Å². The van der Waals surface area contributed by atoms with Crippen molar-refractivity contribution >= 4 is 38.7 Å². The number of aliphatic imine (C=N–C) groups is 1. The van der Waals surface area contributed by atoms with E-state index < -0.39 is 10.0 Å². The van der Waals surface area contributed by atoms with E-state index in [1.54, 1.807) is 24.5 Å². The average molecular weight is 430 g/mol. The molecule has 2 rings (SSSR count). The number of guanidine groups is 1. The number of hydrogen-bond acceptors (Lipinski definition) is 6. The molecule has 2 N–H and O–H groups in total. The van der Waals surface area contributed by atoms with Crippen molar-refractivity contribution in [2.24, 2.45) is 4.99 Å². The second-order valence-electron chi connectivity index (χ2n) is 5.78. The molecule has 2 aromatic rings. The molecule has 0 amide bonds. The van der Waals surface area contributed by atoms with Gasteiger partial charge in [-0.15, -0.1) is 22.7 Å². The predicted molar refractivity (Wildman–Crippen MR) is 113 cm³/mol. The van der Waals surface area contributed by atoms with Gasteiger partial charge in [0, 0.05) is 42.6 Å². The molecular formula is C17H27N5O2S3. The number of thiophene rings is 1. The van der Waals surface area contributed by atoms with E-state index in [1.807, 2.05) is 33.0 Å². The first-order valence-corrected chi connectivity index (χ1v) is 11.9. The molecule has 0 radical (unpaired) electrons. The predicted octanol–water partition coefficient (Wildman–Crippen LogP) is 2.45. The minimum absolute atomic E-state index is 0.405. The fourth-order valence-corrected chi connectivity index (χ4v) is 6.18. The molecule has 2 heterocycles. The van der Waals surface area contributed by atoms with Gasteiger partial charge in [0.1, 0.15) is 9.22 Å². The highest BCUT2D eigenvalue weighted by molar-refractivity contribution is 7.91. The van der Waals surface area contributed by atoms with Crippen molar-refractivity contribution in [1.29, 1.82) is 0 Å². The van der Waals surface area contributed by atoms with Crippen molar-refractivity contribution in [3.63, 3.8) is 0 Å². The summed E-state index contributed by atoms with van der Waals surface area (Å²) in [5, 5.41) is 7.50. The number of aryl methyl sites for hydroxylation is 1. The molecule has 0 aliphatic heterocycles. The molecule has 10 heteroatoms. The minimum atomic E-state index is -3.37. The normalized spacial score (nSPS) is 12.6. The molecule has 0 aromatic carbocycles. The lowest BCUT2D eigenvalue weighted by Crippen LogP contribution is -2.37. The first-order chi connectivity index (χ1) is 12.9. The number of nitrogens with one attached hydrogen (secondary N) is 2. The summed E-state index contributed by atoms with van der Waals surface area (Å²) >= 11 is 2.99. The van der Waals surface area contributed by atoms with E-state index in [4.69, 9.17) is 0 Å². The third kappa shape index (κ3) is 6.00. The quantitative estimate of drug-likeness (QED) is 0.472. The summed E-state index contributed by atoms with van der Waals surface area (Å²) in [7, 11) is -1.65. The molecule has 27 heavy (non-hydrogen) atoms. The molecule has 0 atom stereocenters. The Morgan fingerprint density at radius 3 is 2.56 bits per heavy atom. The Bertz CT molecular complexity index is 854. The molecule has 0 fully saturated rings. The fourth-order valence-electron chi connectivity index (χ4n) is 2.49. The number of hydrogen-bond donors (Lipinski definition) is 2. The summed E-state index contributed by atoms with van der Waals surface area (Å²) in [5.74, 6) is 0.704. The molecule has 0 saturated heterocycles. The molecule has 7 nitrogen and oxygen atoms in total.